The number of nitrogens with one attached hydrogen (secondary N) is 1. The molecule has 40 heavy (non-hydrogen) atoms. The van der Waals surface area contributed by atoms with Crippen LogP contribution in [0.2, 0.25) is 0 Å². The predicted molar refractivity (Wildman–Crippen MR) is 152 cm³/mol. The van der Waals surface area contributed by atoms with Gasteiger partial charge in [-0.15, -0.1) is 0 Å². The van der Waals surface area contributed by atoms with Gasteiger partial charge >= 0.3 is 6.09 Å². The van der Waals surface area contributed by atoms with Crippen LogP contribution in [0.3, 0.4) is 0 Å². The van der Waals surface area contributed by atoms with Gasteiger partial charge in [-0.05, 0) is 75.3 Å². The van der Waals surface area contributed by atoms with Gasteiger partial charge in [-0.25, -0.2) is 4.79 Å². The molecule has 2 aliphatic heterocycles. The number of nitrogens with zero attached hydrogens (tertiary/aromatic N) is 2. The van der Waals surface area contributed by atoms with Gasteiger partial charge in [0.15, 0.2) is 5.76 Å². The first-order valence-corrected chi connectivity index (χ1v) is 14.5. The lowest BCUT2D eigenvalue weighted by Crippen LogP contribution is -2.54. The maximum absolute atomic E-state index is 13.6. The van der Waals surface area contributed by atoms with E-state index in [4.69, 9.17) is 9.47 Å². The van der Waals surface area contributed by atoms with Crippen molar-refractivity contribution in [3.8, 4) is 0 Å². The molecule has 0 spiro atoms. The van der Waals surface area contributed by atoms with Gasteiger partial charge in [-0.1, -0.05) is 48.4 Å². The summed E-state index contributed by atoms with van der Waals surface area (Å²) >= 11 is 0. The monoisotopic (exact) mass is 545 g/mol. The topological polar surface area (TPSA) is 88.2 Å². The Morgan fingerprint density at radius 1 is 1.05 bits per heavy atom. The smallest absolute Gasteiger partial charge is 0.409 e. The SMILES string of the molecule is CCOC(=O)N1CCC(NC(=O)c2ccc(/C=C3/OC4CCCCC4N(Cc4cccc(C)c4)C3=O)cc2)CC1. The lowest BCUT2D eigenvalue weighted by molar-refractivity contribution is -0.149. The van der Waals surface area contributed by atoms with Gasteiger partial charge < -0.3 is 24.6 Å². The van der Waals surface area contributed by atoms with Crippen LogP contribution in [0.1, 0.15) is 72.5 Å². The standard InChI is InChI=1S/C32H39N3O5/c1-3-39-32(38)34-17-15-26(16-18-34)33-30(36)25-13-11-23(12-14-25)20-29-31(37)35(21-24-8-6-7-22(2)19-24)27-9-4-5-10-28(27)40-29/h6-8,11-14,19-20,26-28H,3-5,9-10,15-18,21H2,1-2H3,(H,33,36)/b29-20+. The van der Waals surface area contributed by atoms with Crippen molar-refractivity contribution in [1.29, 1.82) is 0 Å². The van der Waals surface area contributed by atoms with Gasteiger partial charge in [0.05, 0.1) is 12.6 Å². The zero-order valence-corrected chi connectivity index (χ0v) is 23.4. The van der Waals surface area contributed by atoms with Crippen LogP contribution in [-0.2, 0) is 20.8 Å². The lowest BCUT2D eigenvalue weighted by Gasteiger charge is -2.44. The number of piperidine rings is 1. The molecule has 5 rings (SSSR count). The van der Waals surface area contributed by atoms with Crippen LogP contribution in [0.4, 0.5) is 4.79 Å². The second-order valence-electron chi connectivity index (χ2n) is 11.0. The Kier molecular flexibility index (Phi) is 8.72. The Bertz CT molecular complexity index is 1250. The third-order valence-corrected chi connectivity index (χ3v) is 8.08. The lowest BCUT2D eigenvalue weighted by atomic mass is 9.89. The summed E-state index contributed by atoms with van der Waals surface area (Å²) in [7, 11) is 0. The Morgan fingerprint density at radius 2 is 1.80 bits per heavy atom. The van der Waals surface area contributed by atoms with E-state index >= 15 is 0 Å². The minimum Gasteiger partial charge on any atom is -0.482 e. The minimum absolute atomic E-state index is 0.00260. The summed E-state index contributed by atoms with van der Waals surface area (Å²) in [6, 6.07) is 15.7. The highest BCUT2D eigenvalue weighted by molar-refractivity contribution is 5.97. The average Bonchev–Trinajstić information content (AvgIpc) is 2.96. The van der Waals surface area contributed by atoms with Crippen molar-refractivity contribution >= 4 is 24.0 Å². The Hall–Kier alpha value is -3.81. The molecule has 8 heteroatoms. The van der Waals surface area contributed by atoms with Gasteiger partial charge in [0, 0.05) is 31.2 Å². The molecule has 2 aromatic rings. The second-order valence-corrected chi connectivity index (χ2v) is 11.0. The molecule has 0 aromatic heterocycles. The third kappa shape index (κ3) is 6.49. The van der Waals surface area contributed by atoms with Crippen molar-refractivity contribution in [3.05, 3.63) is 76.5 Å². The zero-order valence-electron chi connectivity index (χ0n) is 23.4. The molecule has 8 nitrogen and oxygen atoms in total. The molecule has 2 aromatic carbocycles. The summed E-state index contributed by atoms with van der Waals surface area (Å²) in [6.45, 7) is 5.91. The number of carbonyl (C=O) groups is 3. The van der Waals surface area contributed by atoms with Gasteiger partial charge in [0.1, 0.15) is 6.10 Å². The summed E-state index contributed by atoms with van der Waals surface area (Å²) in [6.07, 6.45) is 6.99. The molecule has 0 radical (unpaired) electrons. The van der Waals surface area contributed by atoms with Crippen molar-refractivity contribution in [2.75, 3.05) is 19.7 Å². The average molecular weight is 546 g/mol. The van der Waals surface area contributed by atoms with E-state index in [1.165, 1.54) is 5.56 Å². The fraction of sp³-hybridized carbons (Fsp3) is 0.469. The normalized spacial score (nSPS) is 22.4. The Balaban J connectivity index is 1.23. The highest BCUT2D eigenvalue weighted by Crippen LogP contribution is 2.34. The molecule has 2 heterocycles. The molecular formula is C32H39N3O5. The quantitative estimate of drug-likeness (QED) is 0.513. The summed E-state index contributed by atoms with van der Waals surface area (Å²) in [5.41, 5.74) is 3.67. The van der Waals surface area contributed by atoms with Crippen LogP contribution in [0, 0.1) is 6.92 Å². The van der Waals surface area contributed by atoms with Gasteiger partial charge in [-0.2, -0.15) is 0 Å². The number of hydrogen-bond acceptors (Lipinski definition) is 5. The maximum atomic E-state index is 13.6. The van der Waals surface area contributed by atoms with Crippen LogP contribution >= 0.6 is 0 Å². The summed E-state index contributed by atoms with van der Waals surface area (Å²) in [4.78, 5) is 42.0. The summed E-state index contributed by atoms with van der Waals surface area (Å²) in [5.74, 6) is 0.134. The van der Waals surface area contributed by atoms with E-state index in [2.05, 4.69) is 30.4 Å². The first-order chi connectivity index (χ1) is 19.4. The Morgan fingerprint density at radius 3 is 2.52 bits per heavy atom. The predicted octanol–water partition coefficient (Wildman–Crippen LogP) is 5.06. The van der Waals surface area contributed by atoms with Crippen molar-refractivity contribution in [2.24, 2.45) is 0 Å². The number of ether oxygens (including phenoxy) is 2. The summed E-state index contributed by atoms with van der Waals surface area (Å²) < 4.78 is 11.3. The van der Waals surface area contributed by atoms with E-state index in [1.54, 1.807) is 30.0 Å². The molecule has 0 bridgehead atoms. The van der Waals surface area contributed by atoms with Crippen LogP contribution in [0.15, 0.2) is 54.3 Å². The summed E-state index contributed by atoms with van der Waals surface area (Å²) in [5, 5.41) is 3.08. The molecular weight excluding hydrogens is 506 g/mol. The molecule has 2 atom stereocenters. The van der Waals surface area contributed by atoms with Crippen molar-refractivity contribution in [1.82, 2.24) is 15.1 Å². The highest BCUT2D eigenvalue weighted by atomic mass is 16.6. The van der Waals surface area contributed by atoms with Gasteiger partial charge in [0.2, 0.25) is 0 Å². The number of fused-ring (bicyclic) bond motifs is 1. The minimum atomic E-state index is -0.297. The fourth-order valence-electron chi connectivity index (χ4n) is 5.94. The van der Waals surface area contributed by atoms with E-state index < -0.39 is 0 Å². The Labute approximate surface area is 236 Å². The first kappa shape index (κ1) is 27.7. The molecule has 2 saturated heterocycles. The van der Waals surface area contributed by atoms with E-state index in [9.17, 15) is 14.4 Å². The zero-order chi connectivity index (χ0) is 28.1. The molecule has 1 saturated carbocycles. The third-order valence-electron chi connectivity index (χ3n) is 8.08. The largest absolute Gasteiger partial charge is 0.482 e. The van der Waals surface area contributed by atoms with E-state index in [0.29, 0.717) is 50.4 Å². The van der Waals surface area contributed by atoms with Crippen LogP contribution in [0.25, 0.3) is 6.08 Å². The molecule has 3 fully saturated rings. The number of rotatable bonds is 6. The van der Waals surface area contributed by atoms with E-state index in [0.717, 1.165) is 36.8 Å². The van der Waals surface area contributed by atoms with Gasteiger partial charge in [-0.3, -0.25) is 9.59 Å². The number of benzene rings is 2. The molecule has 1 aliphatic carbocycles. The number of amides is 3. The van der Waals surface area contributed by atoms with Crippen LogP contribution in [0.5, 0.6) is 0 Å². The van der Waals surface area contributed by atoms with E-state index in [1.807, 2.05) is 23.1 Å². The molecule has 3 amide bonds. The highest BCUT2D eigenvalue weighted by Gasteiger charge is 2.41. The number of aryl methyl sites for hydroxylation is 1. The molecule has 1 N–H and O–H groups in total. The number of carbonyl (C=O) groups excluding carboxylic acids is 3. The van der Waals surface area contributed by atoms with Gasteiger partial charge in [0.25, 0.3) is 11.8 Å². The molecule has 212 valence electrons. The van der Waals surface area contributed by atoms with Crippen LogP contribution < -0.4 is 5.32 Å². The molecule has 3 aliphatic rings. The van der Waals surface area contributed by atoms with Crippen molar-refractivity contribution in [3.63, 3.8) is 0 Å². The number of morpholine rings is 1. The second kappa shape index (κ2) is 12.6. The van der Waals surface area contributed by atoms with Crippen molar-refractivity contribution < 1.29 is 23.9 Å². The fourth-order valence-corrected chi connectivity index (χ4v) is 5.94. The first-order valence-electron chi connectivity index (χ1n) is 14.5. The molecule has 2 unspecified atom stereocenters. The van der Waals surface area contributed by atoms with Crippen LogP contribution in [-0.4, -0.2) is 65.6 Å². The number of likely N-dealkylation sites (tertiary alicyclic amines) is 1. The van der Waals surface area contributed by atoms with Crippen molar-refractivity contribution in [2.45, 2.75) is 77.1 Å². The number of hydrogen-bond donors (Lipinski definition) is 1. The maximum Gasteiger partial charge on any atom is 0.409 e. The van der Waals surface area contributed by atoms with E-state index in [-0.39, 0.29) is 36.1 Å².